The summed E-state index contributed by atoms with van der Waals surface area (Å²) < 4.78 is 5.86. The van der Waals surface area contributed by atoms with Crippen LogP contribution in [0, 0.1) is 0 Å². The summed E-state index contributed by atoms with van der Waals surface area (Å²) in [5.74, 6) is -0.650. The maximum Gasteiger partial charge on any atom is 0.354 e. The number of hydrogen-bond acceptors (Lipinski definition) is 6. The highest BCUT2D eigenvalue weighted by molar-refractivity contribution is 7.03. The summed E-state index contributed by atoms with van der Waals surface area (Å²) in [5.41, 5.74) is 1.37. The van der Waals surface area contributed by atoms with E-state index in [1.54, 1.807) is 16.8 Å². The third-order valence-electron chi connectivity index (χ3n) is 2.53. The lowest BCUT2D eigenvalue weighted by Gasteiger charge is -2.07. The highest BCUT2D eigenvalue weighted by Crippen LogP contribution is 2.12. The topological polar surface area (TPSA) is 92.4 Å². The number of nitrogens with zero attached hydrogens (tertiary/aromatic N) is 4. The first-order valence-electron chi connectivity index (χ1n) is 5.44. The summed E-state index contributed by atoms with van der Waals surface area (Å²) in [6, 6.07) is 3.32. The molecule has 0 atom stereocenters. The molecule has 0 aliphatic rings. The molecule has 7 nitrogen and oxygen atoms in total. The van der Waals surface area contributed by atoms with Crippen LogP contribution in [0.4, 0.5) is 5.95 Å². The fourth-order valence-corrected chi connectivity index (χ4v) is 2.20. The monoisotopic (exact) mass is 275 g/mol. The van der Waals surface area contributed by atoms with Crippen molar-refractivity contribution < 1.29 is 9.90 Å². The molecular weight excluding hydrogens is 266 g/mol. The Balaban J connectivity index is 1.96. The fourth-order valence-electron chi connectivity index (χ4n) is 1.66. The largest absolute Gasteiger partial charge is 0.477 e. The molecule has 0 saturated heterocycles. The van der Waals surface area contributed by atoms with Crippen molar-refractivity contribution in [2.75, 3.05) is 5.32 Å². The van der Waals surface area contributed by atoms with Crippen LogP contribution >= 0.6 is 11.5 Å². The van der Waals surface area contributed by atoms with Crippen molar-refractivity contribution in [3.8, 4) is 0 Å². The Morgan fingerprint density at radius 3 is 3.16 bits per heavy atom. The minimum atomic E-state index is -1.08. The van der Waals surface area contributed by atoms with Gasteiger partial charge < -0.3 is 10.4 Å². The Morgan fingerprint density at radius 2 is 2.42 bits per heavy atom. The standard InChI is InChI=1S/C11H9N5O2S/c17-10(18)8-5-9-12-2-3-16(9)11(14-8)13-6-7-1-4-19-15-7/h1-5H,6H2,(H,13,14)(H,17,18). The van der Waals surface area contributed by atoms with Crippen molar-refractivity contribution in [1.29, 1.82) is 0 Å². The van der Waals surface area contributed by atoms with Crippen molar-refractivity contribution >= 4 is 29.1 Å². The molecular formula is C11H9N5O2S. The molecule has 0 spiro atoms. The average Bonchev–Trinajstić information content (AvgIpc) is 3.06. The molecule has 3 rings (SSSR count). The molecule has 0 amide bonds. The summed E-state index contributed by atoms with van der Waals surface area (Å²) in [7, 11) is 0. The van der Waals surface area contributed by atoms with E-state index in [4.69, 9.17) is 5.11 Å². The molecule has 0 saturated carbocycles. The zero-order valence-electron chi connectivity index (χ0n) is 9.65. The Kier molecular flexibility index (Phi) is 2.84. The van der Waals surface area contributed by atoms with Crippen LogP contribution in [-0.4, -0.2) is 29.8 Å². The predicted molar refractivity (Wildman–Crippen MR) is 69.4 cm³/mol. The summed E-state index contributed by atoms with van der Waals surface area (Å²) in [6.45, 7) is 0.479. The Bertz CT molecular complexity index is 722. The fraction of sp³-hybridized carbons (Fsp3) is 0.0909. The van der Waals surface area contributed by atoms with E-state index in [-0.39, 0.29) is 5.69 Å². The quantitative estimate of drug-likeness (QED) is 0.749. The van der Waals surface area contributed by atoms with Gasteiger partial charge in [-0.3, -0.25) is 4.40 Å². The number of fused-ring (bicyclic) bond motifs is 1. The lowest BCUT2D eigenvalue weighted by molar-refractivity contribution is 0.0690. The average molecular weight is 275 g/mol. The minimum Gasteiger partial charge on any atom is -0.477 e. The Morgan fingerprint density at radius 1 is 1.53 bits per heavy atom. The first-order chi connectivity index (χ1) is 9.24. The summed E-state index contributed by atoms with van der Waals surface area (Å²) in [4.78, 5) is 19.1. The normalized spacial score (nSPS) is 10.7. The maximum atomic E-state index is 11.0. The van der Waals surface area contributed by atoms with Crippen LogP contribution in [0.25, 0.3) is 5.65 Å². The molecule has 0 fully saturated rings. The molecule has 3 aromatic heterocycles. The maximum absolute atomic E-state index is 11.0. The summed E-state index contributed by atoms with van der Waals surface area (Å²) >= 11 is 1.36. The van der Waals surface area contributed by atoms with Crippen LogP contribution in [0.1, 0.15) is 16.2 Å². The van der Waals surface area contributed by atoms with Crippen LogP contribution in [0.15, 0.2) is 29.9 Å². The second-order valence-corrected chi connectivity index (χ2v) is 4.44. The molecule has 0 bridgehead atoms. The molecule has 0 aromatic carbocycles. The van der Waals surface area contributed by atoms with E-state index in [0.717, 1.165) is 5.69 Å². The molecule has 3 aromatic rings. The molecule has 0 unspecified atom stereocenters. The van der Waals surface area contributed by atoms with Crippen LogP contribution < -0.4 is 5.32 Å². The Labute approximate surface area is 111 Å². The van der Waals surface area contributed by atoms with E-state index in [2.05, 4.69) is 19.7 Å². The van der Waals surface area contributed by atoms with Crippen molar-refractivity contribution in [3.05, 3.63) is 41.3 Å². The number of anilines is 1. The first kappa shape index (κ1) is 11.6. The van der Waals surface area contributed by atoms with Crippen LogP contribution in [-0.2, 0) is 6.54 Å². The second kappa shape index (κ2) is 4.65. The number of imidazole rings is 1. The number of carboxylic acid groups (broad SMARTS) is 1. The van der Waals surface area contributed by atoms with Gasteiger partial charge in [0, 0.05) is 23.8 Å². The minimum absolute atomic E-state index is 0.0422. The smallest absolute Gasteiger partial charge is 0.354 e. The van der Waals surface area contributed by atoms with Gasteiger partial charge in [0.05, 0.1) is 12.2 Å². The van der Waals surface area contributed by atoms with E-state index in [1.807, 2.05) is 11.4 Å². The van der Waals surface area contributed by atoms with Gasteiger partial charge in [0.25, 0.3) is 0 Å². The zero-order valence-corrected chi connectivity index (χ0v) is 10.5. The van der Waals surface area contributed by atoms with Gasteiger partial charge in [0.1, 0.15) is 5.65 Å². The molecule has 96 valence electrons. The van der Waals surface area contributed by atoms with Crippen LogP contribution in [0.5, 0.6) is 0 Å². The molecule has 2 N–H and O–H groups in total. The van der Waals surface area contributed by atoms with Crippen LogP contribution in [0.2, 0.25) is 0 Å². The van der Waals surface area contributed by atoms with Gasteiger partial charge in [-0.1, -0.05) is 0 Å². The second-order valence-electron chi connectivity index (χ2n) is 3.77. The van der Waals surface area contributed by atoms with Gasteiger partial charge >= 0.3 is 5.97 Å². The number of aromatic carboxylic acids is 1. The number of hydrogen-bond donors (Lipinski definition) is 2. The molecule has 19 heavy (non-hydrogen) atoms. The molecule has 0 aliphatic carbocycles. The van der Waals surface area contributed by atoms with Gasteiger partial charge in [-0.05, 0) is 17.6 Å². The van der Waals surface area contributed by atoms with E-state index in [1.165, 1.54) is 17.6 Å². The molecule has 0 radical (unpaired) electrons. The van der Waals surface area contributed by atoms with Gasteiger partial charge in [-0.25, -0.2) is 14.8 Å². The van der Waals surface area contributed by atoms with Gasteiger partial charge in [0.15, 0.2) is 5.69 Å². The van der Waals surface area contributed by atoms with E-state index < -0.39 is 5.97 Å². The SMILES string of the molecule is O=C(O)c1cc2nccn2c(NCc2ccsn2)n1. The third kappa shape index (κ3) is 2.25. The highest BCUT2D eigenvalue weighted by atomic mass is 32.1. The van der Waals surface area contributed by atoms with Gasteiger partial charge in [0.2, 0.25) is 5.95 Å². The number of nitrogens with one attached hydrogen (secondary N) is 1. The van der Waals surface area contributed by atoms with Crippen molar-refractivity contribution in [2.45, 2.75) is 6.54 Å². The van der Waals surface area contributed by atoms with Crippen LogP contribution in [0.3, 0.4) is 0 Å². The number of carbonyl (C=O) groups is 1. The molecule has 3 heterocycles. The van der Waals surface area contributed by atoms with E-state index in [0.29, 0.717) is 18.1 Å². The molecule has 8 heteroatoms. The number of aromatic nitrogens is 4. The number of rotatable bonds is 4. The zero-order chi connectivity index (χ0) is 13.2. The van der Waals surface area contributed by atoms with Gasteiger partial charge in [-0.15, -0.1) is 0 Å². The summed E-state index contributed by atoms with van der Waals surface area (Å²) in [5, 5.41) is 14.0. The van der Waals surface area contributed by atoms with Crippen molar-refractivity contribution in [3.63, 3.8) is 0 Å². The molecule has 0 aliphatic heterocycles. The van der Waals surface area contributed by atoms with Crippen molar-refractivity contribution in [2.24, 2.45) is 0 Å². The lowest BCUT2D eigenvalue weighted by atomic mass is 10.4. The lowest BCUT2D eigenvalue weighted by Crippen LogP contribution is -2.10. The predicted octanol–water partition coefficient (Wildman–Crippen LogP) is 1.50. The van der Waals surface area contributed by atoms with E-state index in [9.17, 15) is 4.79 Å². The number of carboxylic acids is 1. The van der Waals surface area contributed by atoms with Crippen molar-refractivity contribution in [1.82, 2.24) is 18.7 Å². The highest BCUT2D eigenvalue weighted by Gasteiger charge is 2.11. The Hall–Kier alpha value is -2.48. The first-order valence-corrected chi connectivity index (χ1v) is 6.28. The van der Waals surface area contributed by atoms with Gasteiger partial charge in [-0.2, -0.15) is 4.37 Å². The van der Waals surface area contributed by atoms with E-state index >= 15 is 0 Å². The third-order valence-corrected chi connectivity index (χ3v) is 3.13. The summed E-state index contributed by atoms with van der Waals surface area (Å²) in [6.07, 6.45) is 3.31.